The molecular formula is C8H17NO2. The Labute approximate surface area is 68.4 Å². The van der Waals surface area contributed by atoms with Crippen LogP contribution in [0, 0.1) is 10.8 Å². The van der Waals surface area contributed by atoms with E-state index in [1.165, 1.54) is 0 Å². The predicted molar refractivity (Wildman–Crippen MR) is 47.1 cm³/mol. The minimum atomic E-state index is -0.167. The van der Waals surface area contributed by atoms with Crippen molar-refractivity contribution in [2.45, 2.75) is 33.8 Å². The molecule has 0 saturated heterocycles. The molecule has 0 aromatic rings. The highest BCUT2D eigenvalue weighted by Crippen LogP contribution is 2.06. The second-order valence-corrected chi connectivity index (χ2v) is 1.98. The highest BCUT2D eigenvalue weighted by Gasteiger charge is 2.08. The summed E-state index contributed by atoms with van der Waals surface area (Å²) >= 11 is 0. The Bertz CT molecular complexity index is 104. The van der Waals surface area contributed by atoms with Crippen LogP contribution in [0.5, 0.6) is 0 Å². The zero-order valence-corrected chi connectivity index (χ0v) is 7.70. The third-order valence-corrected chi connectivity index (χ3v) is 1.32. The van der Waals surface area contributed by atoms with Crippen LogP contribution in [0.15, 0.2) is 18.0 Å². The van der Waals surface area contributed by atoms with E-state index >= 15 is 0 Å². The highest BCUT2D eigenvalue weighted by atomic mass is 16.7. The van der Waals surface area contributed by atoms with Gasteiger partial charge in [0, 0.05) is 5.92 Å². The molecule has 2 unspecified atom stereocenters. The van der Waals surface area contributed by atoms with Crippen molar-refractivity contribution in [1.82, 2.24) is 0 Å². The molecule has 0 heterocycles. The summed E-state index contributed by atoms with van der Waals surface area (Å²) in [5, 5.41) is 2.31. The molecule has 66 valence electrons. The van der Waals surface area contributed by atoms with Gasteiger partial charge >= 0.3 is 0 Å². The lowest BCUT2D eigenvalue weighted by atomic mass is 10.1. The molecule has 0 aliphatic heterocycles. The van der Waals surface area contributed by atoms with Gasteiger partial charge in [-0.1, -0.05) is 26.8 Å². The smallest absolute Gasteiger partial charge is 0.155 e. The quantitative estimate of drug-likeness (QED) is 0.359. The lowest BCUT2D eigenvalue weighted by molar-refractivity contribution is 0.0448. The summed E-state index contributed by atoms with van der Waals surface area (Å²) in [7, 11) is 0. The van der Waals surface area contributed by atoms with Crippen LogP contribution in [0.4, 0.5) is 0 Å². The van der Waals surface area contributed by atoms with Gasteiger partial charge in [-0.05, 0) is 6.92 Å². The van der Waals surface area contributed by atoms with Gasteiger partial charge in [0.05, 0.1) is 0 Å². The van der Waals surface area contributed by atoms with Crippen LogP contribution in [0.25, 0.3) is 0 Å². The van der Waals surface area contributed by atoms with Gasteiger partial charge in [-0.3, -0.25) is 0 Å². The molecule has 0 radical (unpaired) electrons. The van der Waals surface area contributed by atoms with Gasteiger partial charge in [-0.25, -0.2) is 0 Å². The Morgan fingerprint density at radius 1 is 1.45 bits per heavy atom. The van der Waals surface area contributed by atoms with E-state index < -0.39 is 0 Å². The maximum atomic E-state index is 9.53. The van der Waals surface area contributed by atoms with Gasteiger partial charge in [-0.15, -0.1) is 11.5 Å². The first-order valence-electron chi connectivity index (χ1n) is 3.83. The fourth-order valence-corrected chi connectivity index (χ4v) is 0.356. The first-order chi connectivity index (χ1) is 5.22. The monoisotopic (exact) mass is 159 g/mol. The van der Waals surface area contributed by atoms with Crippen LogP contribution < -0.4 is 0 Å². The lowest BCUT2D eigenvalue weighted by Crippen LogP contribution is -2.12. The van der Waals surface area contributed by atoms with Crippen LogP contribution >= 0.6 is 0 Å². The average molecular weight is 159 g/mol. The summed E-state index contributed by atoms with van der Waals surface area (Å²) in [6, 6.07) is 0. The SMILES string of the molecule is C=CC(C)C(C)ON=O.CC. The lowest BCUT2D eigenvalue weighted by Gasteiger charge is -2.10. The number of rotatable bonds is 4. The minimum Gasteiger partial charge on any atom is -0.360 e. The molecular weight excluding hydrogens is 142 g/mol. The number of hydrogen-bond donors (Lipinski definition) is 0. The molecule has 0 aromatic carbocycles. The molecule has 0 rings (SSSR count). The van der Waals surface area contributed by atoms with E-state index in [-0.39, 0.29) is 12.0 Å². The van der Waals surface area contributed by atoms with Crippen LogP contribution in [0.1, 0.15) is 27.7 Å². The van der Waals surface area contributed by atoms with Crippen LogP contribution in [0.2, 0.25) is 0 Å². The molecule has 0 spiro atoms. The van der Waals surface area contributed by atoms with E-state index in [0.29, 0.717) is 0 Å². The van der Waals surface area contributed by atoms with Gasteiger partial charge in [0.25, 0.3) is 0 Å². The zero-order chi connectivity index (χ0) is 9.28. The molecule has 11 heavy (non-hydrogen) atoms. The molecule has 2 atom stereocenters. The van der Waals surface area contributed by atoms with Crippen molar-refractivity contribution in [3.8, 4) is 0 Å². The molecule has 0 aliphatic carbocycles. The van der Waals surface area contributed by atoms with E-state index in [0.717, 1.165) is 0 Å². The number of nitrogens with zero attached hydrogens (tertiary/aromatic N) is 1. The van der Waals surface area contributed by atoms with E-state index in [9.17, 15) is 4.91 Å². The van der Waals surface area contributed by atoms with Gasteiger partial charge in [-0.2, -0.15) is 0 Å². The van der Waals surface area contributed by atoms with E-state index in [1.807, 2.05) is 20.8 Å². The largest absolute Gasteiger partial charge is 0.360 e. The van der Waals surface area contributed by atoms with Crippen LogP contribution in [-0.4, -0.2) is 6.10 Å². The normalized spacial score (nSPS) is 13.5. The van der Waals surface area contributed by atoms with E-state index in [4.69, 9.17) is 0 Å². The highest BCUT2D eigenvalue weighted by molar-refractivity contribution is 4.79. The Hall–Kier alpha value is -0.860. The minimum absolute atomic E-state index is 0.167. The molecule has 0 N–H and O–H groups in total. The van der Waals surface area contributed by atoms with Crippen molar-refractivity contribution in [2.75, 3.05) is 0 Å². The summed E-state index contributed by atoms with van der Waals surface area (Å²) in [6.07, 6.45) is 1.55. The Morgan fingerprint density at radius 2 is 1.91 bits per heavy atom. The molecule has 0 amide bonds. The van der Waals surface area contributed by atoms with Crippen LogP contribution in [0.3, 0.4) is 0 Å². The zero-order valence-electron chi connectivity index (χ0n) is 7.70. The standard InChI is InChI=1S/C6H11NO2.C2H6/c1-4-5(2)6(3)9-7-8;1-2/h4-6H,1H2,2-3H3;1-2H3. The van der Waals surface area contributed by atoms with Gasteiger partial charge < -0.3 is 4.84 Å². The molecule has 0 fully saturated rings. The third kappa shape index (κ3) is 7.03. The third-order valence-electron chi connectivity index (χ3n) is 1.32. The second-order valence-electron chi connectivity index (χ2n) is 1.98. The Kier molecular flexibility index (Phi) is 10.6. The first-order valence-corrected chi connectivity index (χ1v) is 3.83. The van der Waals surface area contributed by atoms with E-state index in [1.54, 1.807) is 13.0 Å². The summed E-state index contributed by atoms with van der Waals surface area (Å²) in [5.74, 6) is 0.169. The second kappa shape index (κ2) is 9.14. The molecule has 0 saturated carbocycles. The Balaban J connectivity index is 0. The van der Waals surface area contributed by atoms with Gasteiger partial charge in [0.15, 0.2) is 5.34 Å². The summed E-state index contributed by atoms with van der Waals surface area (Å²) in [6.45, 7) is 11.2. The molecule has 0 aromatic heterocycles. The average Bonchev–Trinajstić information content (AvgIpc) is 2.07. The molecule has 3 heteroatoms. The fourth-order valence-electron chi connectivity index (χ4n) is 0.356. The van der Waals surface area contributed by atoms with Crippen molar-refractivity contribution in [3.63, 3.8) is 0 Å². The van der Waals surface area contributed by atoms with Gasteiger partial charge in [0.1, 0.15) is 6.10 Å². The van der Waals surface area contributed by atoms with Crippen molar-refractivity contribution in [2.24, 2.45) is 11.3 Å². The summed E-state index contributed by atoms with van der Waals surface area (Å²) < 4.78 is 0. The fraction of sp³-hybridized carbons (Fsp3) is 0.750. The summed E-state index contributed by atoms with van der Waals surface area (Å²) in [4.78, 5) is 13.9. The maximum absolute atomic E-state index is 9.53. The summed E-state index contributed by atoms with van der Waals surface area (Å²) in [5.41, 5.74) is 0. The van der Waals surface area contributed by atoms with Crippen molar-refractivity contribution >= 4 is 0 Å². The first kappa shape index (κ1) is 12.8. The van der Waals surface area contributed by atoms with Crippen molar-refractivity contribution in [1.29, 1.82) is 0 Å². The maximum Gasteiger partial charge on any atom is 0.155 e. The topological polar surface area (TPSA) is 38.7 Å². The molecule has 3 nitrogen and oxygen atoms in total. The van der Waals surface area contributed by atoms with E-state index in [2.05, 4.69) is 16.8 Å². The van der Waals surface area contributed by atoms with Gasteiger partial charge in [0.2, 0.25) is 0 Å². The molecule has 0 bridgehead atoms. The van der Waals surface area contributed by atoms with Crippen molar-refractivity contribution < 1.29 is 4.84 Å². The Morgan fingerprint density at radius 3 is 2.18 bits per heavy atom. The van der Waals surface area contributed by atoms with Crippen LogP contribution in [-0.2, 0) is 4.84 Å². The molecule has 0 aliphatic rings. The number of hydrogen-bond acceptors (Lipinski definition) is 3. The van der Waals surface area contributed by atoms with Crippen molar-refractivity contribution in [3.05, 3.63) is 17.6 Å². The predicted octanol–water partition coefficient (Wildman–Crippen LogP) is 2.92.